The third kappa shape index (κ3) is 2.77. The van der Waals surface area contributed by atoms with Gasteiger partial charge in [0.05, 0.1) is 11.4 Å². The van der Waals surface area contributed by atoms with Crippen LogP contribution in [0.15, 0.2) is 47.5 Å². The molecule has 1 aliphatic rings. The van der Waals surface area contributed by atoms with Crippen molar-refractivity contribution in [2.45, 2.75) is 32.8 Å². The van der Waals surface area contributed by atoms with Crippen molar-refractivity contribution in [2.24, 2.45) is 4.99 Å². The first-order valence-electron chi connectivity index (χ1n) is 7.71. The zero-order valence-electron chi connectivity index (χ0n) is 13.0. The van der Waals surface area contributed by atoms with E-state index in [2.05, 4.69) is 25.2 Å². The zero-order chi connectivity index (χ0) is 15.5. The molecule has 0 fully saturated rings. The van der Waals surface area contributed by atoms with E-state index >= 15 is 0 Å². The van der Waals surface area contributed by atoms with Gasteiger partial charge >= 0.3 is 0 Å². The molecule has 22 heavy (non-hydrogen) atoms. The highest BCUT2D eigenvalue weighted by molar-refractivity contribution is 6.03. The quantitative estimate of drug-likeness (QED) is 0.836. The van der Waals surface area contributed by atoms with Crippen molar-refractivity contribution in [3.63, 3.8) is 0 Å². The number of nitrogen functional groups attached to an aromatic ring is 1. The smallest absolute Gasteiger partial charge is 0.156 e. The summed E-state index contributed by atoms with van der Waals surface area (Å²) in [5.41, 5.74) is 9.66. The summed E-state index contributed by atoms with van der Waals surface area (Å²) in [4.78, 5) is 4.81. The lowest BCUT2D eigenvalue weighted by Crippen LogP contribution is -2.36. The van der Waals surface area contributed by atoms with E-state index < -0.39 is 0 Å². The maximum Gasteiger partial charge on any atom is 0.156 e. The van der Waals surface area contributed by atoms with Crippen LogP contribution in [-0.4, -0.2) is 11.9 Å². The summed E-state index contributed by atoms with van der Waals surface area (Å²) in [5.74, 6) is 1.63. The lowest BCUT2D eigenvalue weighted by Gasteiger charge is -2.28. The fraction of sp³-hybridized carbons (Fsp3) is 0.278. The molecule has 0 aliphatic carbocycles. The van der Waals surface area contributed by atoms with Crippen LogP contribution >= 0.6 is 0 Å². The minimum atomic E-state index is -0.0841. The number of rotatable bonds is 3. The first-order valence-corrected chi connectivity index (χ1v) is 7.71. The molecule has 0 aromatic heterocycles. The second-order valence-corrected chi connectivity index (χ2v) is 5.37. The molecule has 114 valence electrons. The van der Waals surface area contributed by atoms with Crippen molar-refractivity contribution < 1.29 is 4.74 Å². The summed E-state index contributed by atoms with van der Waals surface area (Å²) < 4.78 is 6.05. The molecule has 0 saturated heterocycles. The maximum absolute atomic E-state index is 6.05. The van der Waals surface area contributed by atoms with Gasteiger partial charge in [-0.1, -0.05) is 32.0 Å². The number of nitrogens with one attached hydrogen (secondary N) is 1. The number of aryl methyl sites for hydroxylation is 1. The van der Waals surface area contributed by atoms with Gasteiger partial charge in [-0.25, -0.2) is 4.99 Å². The van der Waals surface area contributed by atoms with E-state index in [9.17, 15) is 0 Å². The third-order valence-corrected chi connectivity index (χ3v) is 3.83. The fourth-order valence-corrected chi connectivity index (χ4v) is 2.59. The lowest BCUT2D eigenvalue weighted by atomic mass is 10.1. The normalized spacial score (nSPS) is 18.5. The minimum Gasteiger partial charge on any atom is -0.480 e. The highest BCUT2D eigenvalue weighted by Crippen LogP contribution is 2.33. The Morgan fingerprint density at radius 2 is 2.00 bits per heavy atom. The molecule has 1 unspecified atom stereocenters. The molecule has 3 N–H and O–H groups in total. The number of nitrogens with zero attached hydrogens (tertiary/aromatic N) is 1. The van der Waals surface area contributed by atoms with E-state index in [-0.39, 0.29) is 6.10 Å². The van der Waals surface area contributed by atoms with Crippen LogP contribution < -0.4 is 15.8 Å². The summed E-state index contributed by atoms with van der Waals surface area (Å²) in [5, 5.41) is 3.39. The summed E-state index contributed by atoms with van der Waals surface area (Å²) in [6, 6.07) is 13.8. The van der Waals surface area contributed by atoms with E-state index in [4.69, 9.17) is 15.5 Å². The number of hydrogen-bond donors (Lipinski definition) is 2. The summed E-state index contributed by atoms with van der Waals surface area (Å²) >= 11 is 0. The van der Waals surface area contributed by atoms with Crippen molar-refractivity contribution in [2.75, 3.05) is 11.1 Å². The SMILES string of the molecule is CCc1ccccc1N=C1Nc2ccc(N)cc2OC1CC. The Morgan fingerprint density at radius 3 is 2.77 bits per heavy atom. The van der Waals surface area contributed by atoms with Crippen LogP contribution in [-0.2, 0) is 6.42 Å². The van der Waals surface area contributed by atoms with Gasteiger partial charge in [0.25, 0.3) is 0 Å². The highest BCUT2D eigenvalue weighted by Gasteiger charge is 2.24. The number of fused-ring (bicyclic) bond motifs is 1. The number of aliphatic imine (C=N–C) groups is 1. The Hall–Kier alpha value is -2.49. The van der Waals surface area contributed by atoms with Gasteiger partial charge < -0.3 is 15.8 Å². The van der Waals surface area contributed by atoms with Gasteiger partial charge in [-0.15, -0.1) is 0 Å². The Kier molecular flexibility index (Phi) is 4.00. The monoisotopic (exact) mass is 295 g/mol. The average Bonchev–Trinajstić information content (AvgIpc) is 2.55. The molecule has 0 spiro atoms. The van der Waals surface area contributed by atoms with Crippen LogP contribution in [0, 0.1) is 0 Å². The Morgan fingerprint density at radius 1 is 1.18 bits per heavy atom. The van der Waals surface area contributed by atoms with Gasteiger partial charge in [-0.05, 0) is 36.6 Å². The molecular weight excluding hydrogens is 274 g/mol. The van der Waals surface area contributed by atoms with Gasteiger partial charge in [0, 0.05) is 11.8 Å². The van der Waals surface area contributed by atoms with Gasteiger partial charge in [-0.2, -0.15) is 0 Å². The fourth-order valence-electron chi connectivity index (χ4n) is 2.59. The van der Waals surface area contributed by atoms with Crippen LogP contribution in [0.1, 0.15) is 25.8 Å². The predicted octanol–water partition coefficient (Wildman–Crippen LogP) is 4.14. The molecule has 1 atom stereocenters. The zero-order valence-corrected chi connectivity index (χ0v) is 13.0. The van der Waals surface area contributed by atoms with Crippen LogP contribution in [0.5, 0.6) is 5.75 Å². The average molecular weight is 295 g/mol. The molecule has 2 aromatic carbocycles. The van der Waals surface area contributed by atoms with E-state index in [0.717, 1.165) is 35.8 Å². The largest absolute Gasteiger partial charge is 0.480 e. The molecule has 1 heterocycles. The van der Waals surface area contributed by atoms with Gasteiger partial charge in [0.15, 0.2) is 6.10 Å². The third-order valence-electron chi connectivity index (χ3n) is 3.83. The van der Waals surface area contributed by atoms with Crippen molar-refractivity contribution in [3.8, 4) is 5.75 Å². The molecule has 4 nitrogen and oxygen atoms in total. The summed E-state index contributed by atoms with van der Waals surface area (Å²) in [6.45, 7) is 4.23. The molecular formula is C18H21N3O. The van der Waals surface area contributed by atoms with Crippen LogP contribution in [0.25, 0.3) is 0 Å². The maximum atomic E-state index is 6.05. The van der Waals surface area contributed by atoms with E-state index in [1.165, 1.54) is 5.56 Å². The van der Waals surface area contributed by atoms with Gasteiger partial charge in [0.1, 0.15) is 11.6 Å². The topological polar surface area (TPSA) is 59.6 Å². The number of nitrogens with two attached hydrogens (primary N) is 1. The van der Waals surface area contributed by atoms with Crippen molar-refractivity contribution in [1.82, 2.24) is 0 Å². The Balaban J connectivity index is 1.99. The number of ether oxygens (including phenoxy) is 1. The van der Waals surface area contributed by atoms with Crippen molar-refractivity contribution in [3.05, 3.63) is 48.0 Å². The van der Waals surface area contributed by atoms with E-state index in [1.807, 2.05) is 36.4 Å². The van der Waals surface area contributed by atoms with Crippen LogP contribution in [0.2, 0.25) is 0 Å². The molecule has 0 radical (unpaired) electrons. The van der Waals surface area contributed by atoms with E-state index in [0.29, 0.717) is 5.69 Å². The molecule has 4 heteroatoms. The number of amidine groups is 1. The first kappa shape index (κ1) is 14.4. The second-order valence-electron chi connectivity index (χ2n) is 5.37. The number of benzene rings is 2. The highest BCUT2D eigenvalue weighted by atomic mass is 16.5. The molecule has 1 aliphatic heterocycles. The summed E-state index contributed by atoms with van der Waals surface area (Å²) in [6.07, 6.45) is 1.71. The Bertz CT molecular complexity index is 709. The van der Waals surface area contributed by atoms with Crippen molar-refractivity contribution in [1.29, 1.82) is 0 Å². The predicted molar refractivity (Wildman–Crippen MR) is 92.1 cm³/mol. The molecule has 0 amide bonds. The number of hydrogen-bond acceptors (Lipinski definition) is 3. The molecule has 3 rings (SSSR count). The van der Waals surface area contributed by atoms with Crippen LogP contribution in [0.4, 0.5) is 17.1 Å². The molecule has 0 saturated carbocycles. The molecule has 2 aromatic rings. The van der Waals surface area contributed by atoms with Crippen molar-refractivity contribution >= 4 is 22.9 Å². The first-order chi connectivity index (χ1) is 10.7. The number of para-hydroxylation sites is 1. The standard InChI is InChI=1S/C18H21N3O/c1-3-12-7-5-6-8-14(12)20-18-16(4-2)22-17-11-13(19)9-10-15(17)21-18/h5-11,16H,3-4,19H2,1-2H3,(H,20,21). The van der Waals surface area contributed by atoms with Crippen LogP contribution in [0.3, 0.4) is 0 Å². The second kappa shape index (κ2) is 6.10. The Labute approximate surface area is 131 Å². The lowest BCUT2D eigenvalue weighted by molar-refractivity contribution is 0.259. The van der Waals surface area contributed by atoms with E-state index in [1.54, 1.807) is 0 Å². The molecule has 0 bridgehead atoms. The van der Waals surface area contributed by atoms with Gasteiger partial charge in [-0.3, -0.25) is 0 Å². The number of anilines is 2. The van der Waals surface area contributed by atoms with Gasteiger partial charge in [0.2, 0.25) is 0 Å². The minimum absolute atomic E-state index is 0.0841. The summed E-state index contributed by atoms with van der Waals surface area (Å²) in [7, 11) is 0.